The van der Waals surface area contributed by atoms with E-state index in [4.69, 9.17) is 0 Å². The number of rotatable bonds is 1. The molecule has 0 saturated carbocycles. The number of piperidine rings is 1. The summed E-state index contributed by atoms with van der Waals surface area (Å²) < 4.78 is 0. The number of nitrogens with one attached hydrogen (secondary N) is 1. The molecule has 1 fully saturated rings. The number of anilines is 1. The zero-order chi connectivity index (χ0) is 19.6. The van der Waals surface area contributed by atoms with E-state index in [1.807, 2.05) is 18.0 Å². The highest BCUT2D eigenvalue weighted by Crippen LogP contribution is 2.46. The van der Waals surface area contributed by atoms with E-state index in [1.54, 1.807) is 12.1 Å². The van der Waals surface area contributed by atoms with Gasteiger partial charge in [-0.05, 0) is 53.6 Å². The first-order valence-corrected chi connectivity index (χ1v) is 9.78. The Bertz CT molecular complexity index is 1060. The molecular formula is C23H22N2O3. The minimum Gasteiger partial charge on any atom is -0.342 e. The van der Waals surface area contributed by atoms with E-state index in [-0.39, 0.29) is 17.4 Å². The summed E-state index contributed by atoms with van der Waals surface area (Å²) in [4.78, 5) is 37.7. The molecule has 2 heterocycles. The van der Waals surface area contributed by atoms with Crippen molar-refractivity contribution in [3.8, 4) is 11.1 Å². The lowest BCUT2D eigenvalue weighted by atomic mass is 9.63. The summed E-state index contributed by atoms with van der Waals surface area (Å²) in [7, 11) is 1.93. The molecule has 2 aromatic carbocycles. The SMILES string of the molecule is CN1C(=O)CC[C@]2(C)c3ccc(-c4ccc5c(c4)C(=O)C(=O)N5)cc3CC[C@@H]12. The Hall–Kier alpha value is -2.95. The van der Waals surface area contributed by atoms with E-state index in [0.29, 0.717) is 17.7 Å². The molecule has 1 saturated heterocycles. The molecule has 2 aromatic rings. The van der Waals surface area contributed by atoms with Crippen molar-refractivity contribution in [2.45, 2.75) is 44.1 Å². The van der Waals surface area contributed by atoms with Gasteiger partial charge in [-0.25, -0.2) is 0 Å². The van der Waals surface area contributed by atoms with Crippen LogP contribution in [0.5, 0.6) is 0 Å². The number of aryl methyl sites for hydroxylation is 1. The van der Waals surface area contributed by atoms with Crippen LogP contribution in [-0.2, 0) is 21.4 Å². The Balaban J connectivity index is 1.54. The second kappa shape index (κ2) is 5.77. The number of Topliss-reactive ketones (excluding diaryl/α,β-unsaturated/α-hetero) is 1. The molecule has 0 bridgehead atoms. The predicted octanol–water partition coefficient (Wildman–Crippen LogP) is 3.31. The van der Waals surface area contributed by atoms with Gasteiger partial charge in [0.1, 0.15) is 0 Å². The highest BCUT2D eigenvalue weighted by Gasteiger charge is 2.46. The number of carbonyl (C=O) groups excluding carboxylic acids is 3. The average Bonchev–Trinajstić information content (AvgIpc) is 2.98. The van der Waals surface area contributed by atoms with Crippen molar-refractivity contribution in [1.82, 2.24) is 4.90 Å². The third-order valence-corrected chi connectivity index (χ3v) is 6.91. The number of fused-ring (bicyclic) bond motifs is 4. The summed E-state index contributed by atoms with van der Waals surface area (Å²) in [6, 6.07) is 12.3. The van der Waals surface area contributed by atoms with Crippen molar-refractivity contribution in [3.05, 3.63) is 53.1 Å². The van der Waals surface area contributed by atoms with Crippen LogP contribution in [0.1, 0.15) is 47.7 Å². The number of hydrogen-bond acceptors (Lipinski definition) is 3. The molecule has 0 spiro atoms. The number of likely N-dealkylation sites (N-methyl/N-ethyl adjacent to an activating group) is 1. The maximum absolute atomic E-state index is 12.2. The minimum absolute atomic E-state index is 0.0149. The lowest BCUT2D eigenvalue weighted by molar-refractivity contribution is -0.138. The molecule has 0 radical (unpaired) electrons. The fourth-order valence-electron chi connectivity index (χ4n) is 5.29. The number of likely N-dealkylation sites (tertiary alicyclic amines) is 1. The molecule has 0 aromatic heterocycles. The molecule has 5 nitrogen and oxygen atoms in total. The van der Waals surface area contributed by atoms with Crippen LogP contribution in [-0.4, -0.2) is 35.6 Å². The van der Waals surface area contributed by atoms with Crippen molar-refractivity contribution < 1.29 is 14.4 Å². The van der Waals surface area contributed by atoms with Crippen molar-refractivity contribution in [2.75, 3.05) is 12.4 Å². The molecule has 2 aliphatic heterocycles. The van der Waals surface area contributed by atoms with Gasteiger partial charge in [-0.1, -0.05) is 31.2 Å². The molecular weight excluding hydrogens is 352 g/mol. The van der Waals surface area contributed by atoms with Crippen molar-refractivity contribution in [3.63, 3.8) is 0 Å². The quantitative estimate of drug-likeness (QED) is 0.779. The summed E-state index contributed by atoms with van der Waals surface area (Å²) in [5, 5.41) is 2.60. The van der Waals surface area contributed by atoms with E-state index in [0.717, 1.165) is 30.4 Å². The molecule has 5 rings (SSSR count). The molecule has 5 heteroatoms. The van der Waals surface area contributed by atoms with Crippen LogP contribution in [0.3, 0.4) is 0 Å². The molecule has 1 aliphatic carbocycles. The van der Waals surface area contributed by atoms with Crippen molar-refractivity contribution in [2.24, 2.45) is 0 Å². The van der Waals surface area contributed by atoms with E-state index < -0.39 is 11.7 Å². The Morgan fingerprint density at radius 2 is 1.79 bits per heavy atom. The third-order valence-electron chi connectivity index (χ3n) is 6.91. The standard InChI is InChI=1S/C23H22N2O3/c1-23-10-9-20(26)25(2)19(23)8-5-15-11-13(3-6-17(15)23)14-4-7-18-16(12-14)21(27)22(28)24-18/h3-4,6-7,11-12,19H,5,8-10H2,1-2H3,(H,24,27,28)/t19-,23-/m1/s1. The van der Waals surface area contributed by atoms with E-state index in [9.17, 15) is 14.4 Å². The van der Waals surface area contributed by atoms with Gasteiger partial charge in [0, 0.05) is 24.9 Å². The van der Waals surface area contributed by atoms with Gasteiger partial charge in [-0.2, -0.15) is 0 Å². The first-order chi connectivity index (χ1) is 13.4. The lowest BCUT2D eigenvalue weighted by Gasteiger charge is -2.50. The zero-order valence-corrected chi connectivity index (χ0v) is 16.0. The first kappa shape index (κ1) is 17.2. The van der Waals surface area contributed by atoms with E-state index in [2.05, 4.69) is 30.4 Å². The molecule has 2 atom stereocenters. The monoisotopic (exact) mass is 374 g/mol. The molecule has 1 N–H and O–H groups in total. The van der Waals surface area contributed by atoms with Gasteiger partial charge in [0.2, 0.25) is 5.91 Å². The predicted molar refractivity (Wildman–Crippen MR) is 106 cm³/mol. The van der Waals surface area contributed by atoms with Gasteiger partial charge in [0.15, 0.2) is 0 Å². The highest BCUT2D eigenvalue weighted by atomic mass is 16.2. The largest absolute Gasteiger partial charge is 0.342 e. The minimum atomic E-state index is -0.562. The highest BCUT2D eigenvalue weighted by molar-refractivity contribution is 6.51. The van der Waals surface area contributed by atoms with Gasteiger partial charge in [-0.3, -0.25) is 14.4 Å². The summed E-state index contributed by atoms with van der Waals surface area (Å²) in [6.45, 7) is 2.28. The van der Waals surface area contributed by atoms with Crippen LogP contribution < -0.4 is 5.32 Å². The Kier molecular flexibility index (Phi) is 3.54. The Labute approximate surface area is 163 Å². The zero-order valence-electron chi connectivity index (χ0n) is 16.0. The van der Waals surface area contributed by atoms with Gasteiger partial charge in [0.25, 0.3) is 11.7 Å². The number of ketones is 1. The number of amides is 2. The maximum atomic E-state index is 12.2. The molecule has 3 aliphatic rings. The van der Waals surface area contributed by atoms with Crippen molar-refractivity contribution >= 4 is 23.3 Å². The fourth-order valence-corrected chi connectivity index (χ4v) is 5.29. The van der Waals surface area contributed by atoms with Gasteiger partial charge in [-0.15, -0.1) is 0 Å². The number of nitrogens with zero attached hydrogens (tertiary/aromatic N) is 1. The average molecular weight is 374 g/mol. The fraction of sp³-hybridized carbons (Fsp3) is 0.348. The van der Waals surface area contributed by atoms with Crippen LogP contribution >= 0.6 is 0 Å². The molecule has 0 unspecified atom stereocenters. The molecule has 28 heavy (non-hydrogen) atoms. The second-order valence-electron chi connectivity index (χ2n) is 8.39. The van der Waals surface area contributed by atoms with Crippen molar-refractivity contribution in [1.29, 1.82) is 0 Å². The van der Waals surface area contributed by atoms with E-state index in [1.165, 1.54) is 11.1 Å². The summed E-state index contributed by atoms with van der Waals surface area (Å²) >= 11 is 0. The first-order valence-electron chi connectivity index (χ1n) is 9.78. The topological polar surface area (TPSA) is 66.5 Å². The van der Waals surface area contributed by atoms with Gasteiger partial charge < -0.3 is 10.2 Å². The van der Waals surface area contributed by atoms with Crippen LogP contribution in [0, 0.1) is 0 Å². The van der Waals surface area contributed by atoms with Gasteiger partial charge in [0.05, 0.1) is 11.3 Å². The third kappa shape index (κ3) is 2.28. The smallest absolute Gasteiger partial charge is 0.296 e. The number of carbonyl (C=O) groups is 3. The maximum Gasteiger partial charge on any atom is 0.296 e. The number of hydrogen-bond donors (Lipinski definition) is 1. The summed E-state index contributed by atoms with van der Waals surface area (Å²) in [5.74, 6) is -0.791. The van der Waals surface area contributed by atoms with Crippen LogP contribution in [0.4, 0.5) is 5.69 Å². The van der Waals surface area contributed by atoms with Crippen LogP contribution in [0.15, 0.2) is 36.4 Å². The summed E-state index contributed by atoms with van der Waals surface area (Å²) in [6.07, 6.45) is 3.38. The normalized spacial score (nSPS) is 25.9. The lowest BCUT2D eigenvalue weighted by Crippen LogP contribution is -2.56. The Morgan fingerprint density at radius 1 is 1.04 bits per heavy atom. The Morgan fingerprint density at radius 3 is 2.61 bits per heavy atom. The second-order valence-corrected chi connectivity index (χ2v) is 8.39. The summed E-state index contributed by atoms with van der Waals surface area (Å²) in [5.41, 5.74) is 5.66. The molecule has 2 amide bonds. The molecule has 142 valence electrons. The number of benzene rings is 2. The van der Waals surface area contributed by atoms with Gasteiger partial charge >= 0.3 is 0 Å². The van der Waals surface area contributed by atoms with Crippen LogP contribution in [0.2, 0.25) is 0 Å². The van der Waals surface area contributed by atoms with E-state index >= 15 is 0 Å². The van der Waals surface area contributed by atoms with Crippen LogP contribution in [0.25, 0.3) is 11.1 Å².